The van der Waals surface area contributed by atoms with E-state index in [-0.39, 0.29) is 12.3 Å². The number of hydrogen-bond donors (Lipinski definition) is 1. The Kier molecular flexibility index (Phi) is 2.92. The van der Waals surface area contributed by atoms with Gasteiger partial charge in [0, 0.05) is 0 Å². The van der Waals surface area contributed by atoms with Crippen LogP contribution in [0.15, 0.2) is 24.8 Å². The molecule has 0 unspecified atom stereocenters. The van der Waals surface area contributed by atoms with E-state index in [4.69, 9.17) is 17.3 Å². The van der Waals surface area contributed by atoms with Gasteiger partial charge in [-0.05, 0) is 12.1 Å². The number of nitrogen functional groups attached to an aromatic ring is 1. The molecular formula is C11H8ClN5OS. The van der Waals surface area contributed by atoms with Crippen LogP contribution in [0.3, 0.4) is 0 Å². The number of fused-ring (bicyclic) bond motifs is 1. The van der Waals surface area contributed by atoms with Crippen LogP contribution >= 0.6 is 22.9 Å². The zero-order chi connectivity index (χ0) is 13.4. The minimum Gasteiger partial charge on any atom is -0.382 e. The number of halogens is 1. The van der Waals surface area contributed by atoms with Crippen LogP contribution in [0.1, 0.15) is 9.67 Å². The second-order valence-corrected chi connectivity index (χ2v) is 5.55. The average molecular weight is 294 g/mol. The van der Waals surface area contributed by atoms with Crippen molar-refractivity contribution in [3.8, 4) is 0 Å². The molecule has 6 nitrogen and oxygen atoms in total. The van der Waals surface area contributed by atoms with Crippen molar-refractivity contribution < 1.29 is 4.79 Å². The Morgan fingerprint density at radius 1 is 1.37 bits per heavy atom. The summed E-state index contributed by atoms with van der Waals surface area (Å²) in [5.41, 5.74) is 6.73. The van der Waals surface area contributed by atoms with Crippen molar-refractivity contribution in [2.75, 3.05) is 5.73 Å². The highest BCUT2D eigenvalue weighted by Gasteiger charge is 2.13. The van der Waals surface area contributed by atoms with E-state index in [0.717, 1.165) is 0 Å². The summed E-state index contributed by atoms with van der Waals surface area (Å²) in [6.07, 6.45) is 2.88. The highest BCUT2D eigenvalue weighted by Crippen LogP contribution is 2.22. The number of imidazole rings is 1. The van der Waals surface area contributed by atoms with Gasteiger partial charge in [-0.25, -0.2) is 15.0 Å². The number of rotatable bonds is 3. The van der Waals surface area contributed by atoms with Gasteiger partial charge in [0.05, 0.1) is 22.1 Å². The number of nitrogens with zero attached hydrogens (tertiary/aromatic N) is 4. The zero-order valence-corrected chi connectivity index (χ0v) is 11.1. The summed E-state index contributed by atoms with van der Waals surface area (Å²) in [7, 11) is 0. The molecular weight excluding hydrogens is 286 g/mol. The van der Waals surface area contributed by atoms with Crippen LogP contribution in [0.2, 0.25) is 4.34 Å². The van der Waals surface area contributed by atoms with Crippen molar-refractivity contribution in [2.45, 2.75) is 6.54 Å². The molecule has 96 valence electrons. The van der Waals surface area contributed by atoms with E-state index < -0.39 is 0 Å². The zero-order valence-electron chi connectivity index (χ0n) is 9.58. The van der Waals surface area contributed by atoms with Gasteiger partial charge in [0.2, 0.25) is 0 Å². The van der Waals surface area contributed by atoms with Gasteiger partial charge in [-0.2, -0.15) is 0 Å². The highest BCUT2D eigenvalue weighted by molar-refractivity contribution is 7.18. The second kappa shape index (κ2) is 4.60. The summed E-state index contributed by atoms with van der Waals surface area (Å²) < 4.78 is 2.23. The van der Waals surface area contributed by atoms with Crippen molar-refractivity contribution in [1.82, 2.24) is 19.5 Å². The van der Waals surface area contributed by atoms with Crippen molar-refractivity contribution >= 4 is 45.7 Å². The first-order valence-corrected chi connectivity index (χ1v) is 6.54. The summed E-state index contributed by atoms with van der Waals surface area (Å²) >= 11 is 7.06. The number of Topliss-reactive ketones (excluding diaryl/α,β-unsaturated/α-hetero) is 1. The Hall–Kier alpha value is -1.99. The van der Waals surface area contributed by atoms with Gasteiger partial charge in [0.15, 0.2) is 17.2 Å². The fourth-order valence-corrected chi connectivity index (χ4v) is 2.68. The summed E-state index contributed by atoms with van der Waals surface area (Å²) in [5.74, 6) is 0.253. The van der Waals surface area contributed by atoms with E-state index in [2.05, 4.69) is 15.0 Å². The molecule has 19 heavy (non-hydrogen) atoms. The molecule has 0 aliphatic heterocycles. The van der Waals surface area contributed by atoms with Crippen molar-refractivity contribution in [3.05, 3.63) is 34.0 Å². The van der Waals surface area contributed by atoms with Crippen molar-refractivity contribution in [2.24, 2.45) is 0 Å². The van der Waals surface area contributed by atoms with Crippen LogP contribution in [0, 0.1) is 0 Å². The fourth-order valence-electron chi connectivity index (χ4n) is 1.71. The van der Waals surface area contributed by atoms with Crippen LogP contribution < -0.4 is 5.73 Å². The van der Waals surface area contributed by atoms with Gasteiger partial charge in [-0.15, -0.1) is 11.3 Å². The highest BCUT2D eigenvalue weighted by atomic mass is 35.5. The largest absolute Gasteiger partial charge is 0.382 e. The predicted octanol–water partition coefficient (Wildman–Crippen LogP) is 2.01. The lowest BCUT2D eigenvalue weighted by Gasteiger charge is -2.01. The second-order valence-electron chi connectivity index (χ2n) is 3.83. The van der Waals surface area contributed by atoms with Crippen LogP contribution in [0.25, 0.3) is 11.2 Å². The molecule has 3 aromatic rings. The number of carbonyl (C=O) groups excluding carboxylic acids is 1. The minimum absolute atomic E-state index is 0.0478. The number of aromatic nitrogens is 4. The number of hydrogen-bond acceptors (Lipinski definition) is 6. The third kappa shape index (κ3) is 2.18. The lowest BCUT2D eigenvalue weighted by Crippen LogP contribution is -2.08. The maximum Gasteiger partial charge on any atom is 0.192 e. The predicted molar refractivity (Wildman–Crippen MR) is 73.4 cm³/mol. The number of carbonyl (C=O) groups is 1. The van der Waals surface area contributed by atoms with E-state index in [9.17, 15) is 4.79 Å². The maximum atomic E-state index is 12.1. The molecule has 3 heterocycles. The summed E-state index contributed by atoms with van der Waals surface area (Å²) in [6.45, 7) is 0.143. The Balaban J connectivity index is 1.94. The first kappa shape index (κ1) is 12.1. The summed E-state index contributed by atoms with van der Waals surface area (Å²) in [4.78, 5) is 24.7. The SMILES string of the molecule is Nc1ncnc2c1ncn2CC(=O)c1ccc(Cl)s1. The van der Waals surface area contributed by atoms with Crippen LogP contribution in [-0.4, -0.2) is 25.3 Å². The van der Waals surface area contributed by atoms with Crippen LogP contribution in [-0.2, 0) is 6.54 Å². The fraction of sp³-hybridized carbons (Fsp3) is 0.0909. The molecule has 0 atom stereocenters. The standard InChI is InChI=1S/C11H8ClN5OS/c12-8-2-1-7(19-8)6(18)3-17-5-16-9-10(13)14-4-15-11(9)17/h1-2,4-5H,3H2,(H2,13,14,15). The number of thiophene rings is 1. The molecule has 3 rings (SSSR count). The van der Waals surface area contributed by atoms with Gasteiger partial charge in [0.1, 0.15) is 11.8 Å². The van der Waals surface area contributed by atoms with Crippen molar-refractivity contribution in [3.63, 3.8) is 0 Å². The van der Waals surface area contributed by atoms with Gasteiger partial charge in [0.25, 0.3) is 0 Å². The lowest BCUT2D eigenvalue weighted by molar-refractivity contribution is 0.0977. The van der Waals surface area contributed by atoms with E-state index in [1.807, 2.05) is 0 Å². The van der Waals surface area contributed by atoms with Crippen LogP contribution in [0.5, 0.6) is 0 Å². The molecule has 3 aromatic heterocycles. The van der Waals surface area contributed by atoms with Gasteiger partial charge in [-0.3, -0.25) is 4.79 Å². The topological polar surface area (TPSA) is 86.7 Å². The first-order chi connectivity index (χ1) is 9.15. The molecule has 2 N–H and O–H groups in total. The molecule has 0 aromatic carbocycles. The molecule has 8 heteroatoms. The third-order valence-corrected chi connectivity index (χ3v) is 3.86. The number of anilines is 1. The third-order valence-electron chi connectivity index (χ3n) is 2.59. The molecule has 0 bridgehead atoms. The Labute approximate surface area is 116 Å². The summed E-state index contributed by atoms with van der Waals surface area (Å²) in [5, 5.41) is 0. The molecule has 0 amide bonds. The maximum absolute atomic E-state index is 12.1. The number of ketones is 1. The quantitative estimate of drug-likeness (QED) is 0.746. The number of nitrogens with two attached hydrogens (primary N) is 1. The molecule has 0 radical (unpaired) electrons. The first-order valence-electron chi connectivity index (χ1n) is 5.35. The van der Waals surface area contributed by atoms with E-state index in [1.165, 1.54) is 24.0 Å². The van der Waals surface area contributed by atoms with Gasteiger partial charge >= 0.3 is 0 Å². The Morgan fingerprint density at radius 2 is 2.21 bits per heavy atom. The molecule has 0 aliphatic carbocycles. The Bertz CT molecular complexity index is 765. The molecule has 0 aliphatic rings. The van der Waals surface area contributed by atoms with Crippen LogP contribution in [0.4, 0.5) is 5.82 Å². The van der Waals surface area contributed by atoms with Gasteiger partial charge < -0.3 is 10.3 Å². The van der Waals surface area contributed by atoms with E-state index in [1.54, 1.807) is 16.7 Å². The lowest BCUT2D eigenvalue weighted by atomic mass is 10.3. The van der Waals surface area contributed by atoms with Crippen molar-refractivity contribution in [1.29, 1.82) is 0 Å². The van der Waals surface area contributed by atoms with E-state index in [0.29, 0.717) is 26.2 Å². The molecule has 0 saturated heterocycles. The normalized spacial score (nSPS) is 11.0. The molecule has 0 fully saturated rings. The summed E-state index contributed by atoms with van der Waals surface area (Å²) in [6, 6.07) is 3.41. The van der Waals surface area contributed by atoms with Gasteiger partial charge in [-0.1, -0.05) is 11.6 Å². The molecule has 0 saturated carbocycles. The smallest absolute Gasteiger partial charge is 0.192 e. The van der Waals surface area contributed by atoms with E-state index >= 15 is 0 Å². The average Bonchev–Trinajstić information content (AvgIpc) is 2.98. The molecule has 0 spiro atoms. The monoisotopic (exact) mass is 293 g/mol. The minimum atomic E-state index is -0.0478. The Morgan fingerprint density at radius 3 is 2.95 bits per heavy atom.